The number of carbonyl (C=O) groups excluding carboxylic acids is 1. The van der Waals surface area contributed by atoms with Gasteiger partial charge in [-0.3, -0.25) is 10.1 Å². The zero-order valence-corrected chi connectivity index (χ0v) is 18.4. The lowest BCUT2D eigenvalue weighted by atomic mass is 10.0. The Hall–Kier alpha value is -4.51. The van der Waals surface area contributed by atoms with E-state index in [1.165, 1.54) is 24.4 Å². The summed E-state index contributed by atoms with van der Waals surface area (Å²) in [6.45, 7) is 2.50. The van der Waals surface area contributed by atoms with E-state index in [0.717, 1.165) is 0 Å². The van der Waals surface area contributed by atoms with E-state index in [0.29, 0.717) is 59.5 Å². The molecule has 0 aliphatic carbocycles. The van der Waals surface area contributed by atoms with Crippen molar-refractivity contribution in [1.29, 1.82) is 0 Å². The first-order chi connectivity index (χ1) is 17.0. The molecule has 176 valence electrons. The molecule has 0 unspecified atom stereocenters. The predicted octanol–water partition coefficient (Wildman–Crippen LogP) is 3.84. The maximum atomic E-state index is 14.1. The van der Waals surface area contributed by atoms with Crippen LogP contribution in [0.2, 0.25) is 0 Å². The van der Waals surface area contributed by atoms with Crippen molar-refractivity contribution in [2.75, 3.05) is 31.5 Å². The highest BCUT2D eigenvalue weighted by Crippen LogP contribution is 2.32. The van der Waals surface area contributed by atoms with Gasteiger partial charge in [0, 0.05) is 67.2 Å². The molecular formula is C24H20FN7O3. The van der Waals surface area contributed by atoms with E-state index in [1.807, 2.05) is 0 Å². The van der Waals surface area contributed by atoms with E-state index < -0.39 is 10.9 Å². The van der Waals surface area contributed by atoms with Crippen molar-refractivity contribution < 1.29 is 14.1 Å². The van der Waals surface area contributed by atoms with Gasteiger partial charge in [0.05, 0.1) is 16.1 Å². The molecule has 1 aliphatic heterocycles. The largest absolute Gasteiger partial charge is 0.322 e. The van der Waals surface area contributed by atoms with Crippen LogP contribution in [-0.2, 0) is 0 Å². The normalized spacial score (nSPS) is 13.6. The number of nitrogens with zero attached hydrogens (tertiary/aromatic N) is 5. The van der Waals surface area contributed by atoms with Crippen molar-refractivity contribution in [3.05, 3.63) is 77.0 Å². The van der Waals surface area contributed by atoms with Crippen LogP contribution in [0.5, 0.6) is 0 Å². The molecule has 2 amide bonds. The van der Waals surface area contributed by atoms with Gasteiger partial charge in [0.1, 0.15) is 0 Å². The average Bonchev–Trinajstić information content (AvgIpc) is 2.89. The molecule has 2 N–H and O–H groups in total. The minimum absolute atomic E-state index is 0.147. The second-order valence-corrected chi connectivity index (χ2v) is 7.96. The number of carbonyl (C=O) groups is 1. The Morgan fingerprint density at radius 3 is 2.69 bits per heavy atom. The molecule has 0 spiro atoms. The van der Waals surface area contributed by atoms with Crippen LogP contribution in [0, 0.1) is 16.1 Å². The quantitative estimate of drug-likeness (QED) is 0.262. The van der Waals surface area contributed by atoms with Crippen LogP contribution in [0.1, 0.15) is 0 Å². The van der Waals surface area contributed by atoms with Gasteiger partial charge in [0.15, 0.2) is 5.82 Å². The number of anilines is 1. The summed E-state index contributed by atoms with van der Waals surface area (Å²) in [5.74, 6) is -0.358. The molecule has 11 heteroatoms. The highest BCUT2D eigenvalue weighted by molar-refractivity contribution is 5.95. The Balaban J connectivity index is 1.52. The van der Waals surface area contributed by atoms with Gasteiger partial charge in [-0.1, -0.05) is 6.07 Å². The molecule has 2 aromatic heterocycles. The van der Waals surface area contributed by atoms with E-state index >= 15 is 0 Å². The molecule has 0 bridgehead atoms. The van der Waals surface area contributed by atoms with Crippen LogP contribution < -0.4 is 10.6 Å². The topological polar surface area (TPSA) is 126 Å². The SMILES string of the molecule is O=C(Nc1ccc([N+](=O)[O-])cc1-c1ncc2cc(-c3cccnc3F)ccc2n1)N1CCNCC1. The van der Waals surface area contributed by atoms with Crippen LogP contribution >= 0.6 is 0 Å². The molecule has 0 saturated carbocycles. The molecule has 1 aliphatic rings. The van der Waals surface area contributed by atoms with Gasteiger partial charge >= 0.3 is 6.03 Å². The summed E-state index contributed by atoms with van der Waals surface area (Å²) < 4.78 is 14.1. The third kappa shape index (κ3) is 4.62. The van der Waals surface area contributed by atoms with Crippen LogP contribution in [0.4, 0.5) is 20.6 Å². The number of halogens is 1. The van der Waals surface area contributed by atoms with Crippen molar-refractivity contribution >= 4 is 28.3 Å². The van der Waals surface area contributed by atoms with Crippen LogP contribution in [-0.4, -0.2) is 57.0 Å². The van der Waals surface area contributed by atoms with Crippen LogP contribution in [0.3, 0.4) is 0 Å². The Kier molecular flexibility index (Phi) is 5.98. The summed E-state index contributed by atoms with van der Waals surface area (Å²) >= 11 is 0. The first-order valence-corrected chi connectivity index (χ1v) is 10.9. The highest BCUT2D eigenvalue weighted by Gasteiger charge is 2.20. The van der Waals surface area contributed by atoms with Crippen molar-refractivity contribution in [3.63, 3.8) is 0 Å². The van der Waals surface area contributed by atoms with Gasteiger partial charge in [-0.2, -0.15) is 4.39 Å². The fourth-order valence-corrected chi connectivity index (χ4v) is 3.93. The van der Waals surface area contributed by atoms with Crippen molar-refractivity contribution in [2.24, 2.45) is 0 Å². The number of urea groups is 1. The molecule has 4 aromatic rings. The third-order valence-corrected chi connectivity index (χ3v) is 5.75. The molecule has 0 atom stereocenters. The summed E-state index contributed by atoms with van der Waals surface area (Å²) in [5, 5.41) is 18.1. The number of piperazine rings is 1. The summed E-state index contributed by atoms with van der Waals surface area (Å²) in [6.07, 6.45) is 2.95. The Bertz CT molecular complexity index is 1440. The number of aromatic nitrogens is 3. The molecule has 5 rings (SSSR count). The first kappa shape index (κ1) is 22.3. The second kappa shape index (κ2) is 9.39. The first-order valence-electron chi connectivity index (χ1n) is 10.9. The monoisotopic (exact) mass is 473 g/mol. The van der Waals surface area contributed by atoms with E-state index in [9.17, 15) is 19.3 Å². The highest BCUT2D eigenvalue weighted by atomic mass is 19.1. The average molecular weight is 473 g/mol. The van der Waals surface area contributed by atoms with Gasteiger partial charge in [-0.05, 0) is 35.9 Å². The zero-order chi connectivity index (χ0) is 24.4. The number of hydrogen-bond acceptors (Lipinski definition) is 7. The number of nitro benzene ring substituents is 1. The Morgan fingerprint density at radius 1 is 1.09 bits per heavy atom. The molecule has 0 radical (unpaired) electrons. The molecule has 1 saturated heterocycles. The Morgan fingerprint density at radius 2 is 1.91 bits per heavy atom. The lowest BCUT2D eigenvalue weighted by Crippen LogP contribution is -2.48. The number of amides is 2. The molecule has 2 aromatic carbocycles. The number of rotatable bonds is 4. The van der Waals surface area contributed by atoms with Gasteiger partial charge in [-0.25, -0.2) is 19.7 Å². The number of non-ortho nitro benzene ring substituents is 1. The van der Waals surface area contributed by atoms with Crippen LogP contribution in [0.25, 0.3) is 33.4 Å². The Labute approximate surface area is 199 Å². The maximum Gasteiger partial charge on any atom is 0.321 e. The number of pyridine rings is 1. The lowest BCUT2D eigenvalue weighted by molar-refractivity contribution is -0.384. The summed E-state index contributed by atoms with van der Waals surface area (Å²) in [6, 6.07) is 12.3. The number of benzene rings is 2. The number of fused-ring (bicyclic) bond motifs is 1. The van der Waals surface area contributed by atoms with E-state index in [-0.39, 0.29) is 17.5 Å². The van der Waals surface area contributed by atoms with Gasteiger partial charge in [0.2, 0.25) is 5.95 Å². The summed E-state index contributed by atoms with van der Waals surface area (Å²) in [4.78, 5) is 38.0. The van der Waals surface area contributed by atoms with Gasteiger partial charge in [0.25, 0.3) is 5.69 Å². The molecule has 10 nitrogen and oxygen atoms in total. The maximum absolute atomic E-state index is 14.1. The van der Waals surface area contributed by atoms with E-state index in [1.54, 1.807) is 41.4 Å². The fourth-order valence-electron chi connectivity index (χ4n) is 3.93. The standard InChI is InChI=1S/C24H20FN7O3/c25-22-18(2-1-7-27-22)15-3-5-20-16(12-15)14-28-23(29-20)19-13-17(32(34)35)4-6-21(19)30-24(33)31-10-8-26-9-11-31/h1-7,12-14,26H,8-11H2,(H,30,33). The minimum atomic E-state index is -0.578. The molecule has 35 heavy (non-hydrogen) atoms. The second-order valence-electron chi connectivity index (χ2n) is 7.96. The molecular weight excluding hydrogens is 453 g/mol. The van der Waals surface area contributed by atoms with E-state index in [2.05, 4.69) is 25.6 Å². The minimum Gasteiger partial charge on any atom is -0.322 e. The smallest absolute Gasteiger partial charge is 0.321 e. The fraction of sp³-hybridized carbons (Fsp3) is 0.167. The lowest BCUT2D eigenvalue weighted by Gasteiger charge is -2.27. The van der Waals surface area contributed by atoms with Crippen molar-refractivity contribution in [3.8, 4) is 22.5 Å². The number of nitrogens with one attached hydrogen (secondary N) is 2. The van der Waals surface area contributed by atoms with Crippen LogP contribution in [0.15, 0.2) is 60.9 Å². The number of hydrogen-bond donors (Lipinski definition) is 2. The summed E-state index contributed by atoms with van der Waals surface area (Å²) in [7, 11) is 0. The van der Waals surface area contributed by atoms with Gasteiger partial charge in [-0.15, -0.1) is 0 Å². The van der Waals surface area contributed by atoms with Crippen molar-refractivity contribution in [2.45, 2.75) is 0 Å². The predicted molar refractivity (Wildman–Crippen MR) is 128 cm³/mol. The summed E-state index contributed by atoms with van der Waals surface area (Å²) in [5.41, 5.74) is 2.09. The van der Waals surface area contributed by atoms with Crippen molar-refractivity contribution in [1.82, 2.24) is 25.2 Å². The van der Waals surface area contributed by atoms with Gasteiger partial charge < -0.3 is 15.5 Å². The third-order valence-electron chi connectivity index (χ3n) is 5.75. The number of nitro groups is 1. The zero-order valence-electron chi connectivity index (χ0n) is 18.4. The molecule has 1 fully saturated rings. The van der Waals surface area contributed by atoms with E-state index in [4.69, 9.17) is 0 Å². The molecule has 3 heterocycles.